The molecule has 0 saturated carbocycles. The highest BCUT2D eigenvalue weighted by molar-refractivity contribution is 7.81. The van der Waals surface area contributed by atoms with Gasteiger partial charge >= 0.3 is 0 Å². The van der Waals surface area contributed by atoms with E-state index in [0.717, 1.165) is 49.3 Å². The summed E-state index contributed by atoms with van der Waals surface area (Å²) < 4.78 is 0. The minimum Gasteiger partial charge on any atom is -0.354 e. The van der Waals surface area contributed by atoms with Crippen molar-refractivity contribution in [2.75, 3.05) is 16.7 Å². The van der Waals surface area contributed by atoms with Crippen LogP contribution in [0, 0.1) is 11.8 Å². The van der Waals surface area contributed by atoms with Crippen LogP contribution in [0.5, 0.6) is 0 Å². The number of nitrogens with zero attached hydrogens (tertiary/aromatic N) is 4. The van der Waals surface area contributed by atoms with Crippen LogP contribution in [0.3, 0.4) is 0 Å². The molecule has 0 amide bonds. The predicted molar refractivity (Wildman–Crippen MR) is 157 cm³/mol. The number of thiol groups is 2. The van der Waals surface area contributed by atoms with Crippen LogP contribution in [0.1, 0.15) is 10.4 Å². The molecule has 36 heavy (non-hydrogen) atoms. The first-order valence-electron chi connectivity index (χ1n) is 11.3. The van der Waals surface area contributed by atoms with Gasteiger partial charge in [0.1, 0.15) is 0 Å². The van der Waals surface area contributed by atoms with E-state index in [1.807, 2.05) is 60.7 Å². The van der Waals surface area contributed by atoms with Gasteiger partial charge in [-0.2, -0.15) is 25.3 Å². The maximum absolute atomic E-state index is 4.85. The van der Waals surface area contributed by atoms with Gasteiger partial charge in [0.05, 0.1) is 39.4 Å². The van der Waals surface area contributed by atoms with Crippen molar-refractivity contribution in [1.82, 2.24) is 15.0 Å². The minimum atomic E-state index is 0.617. The lowest BCUT2D eigenvalue weighted by Crippen LogP contribution is -2.18. The molecule has 0 aliphatic carbocycles. The van der Waals surface area contributed by atoms with Gasteiger partial charge in [-0.3, -0.25) is 9.97 Å². The van der Waals surface area contributed by atoms with E-state index in [2.05, 4.69) is 76.2 Å². The van der Waals surface area contributed by atoms with E-state index >= 15 is 0 Å². The number of anilines is 1. The fourth-order valence-electron chi connectivity index (χ4n) is 3.62. The summed E-state index contributed by atoms with van der Waals surface area (Å²) in [5.74, 6) is 7.81. The third kappa shape index (κ3) is 5.63. The van der Waals surface area contributed by atoms with E-state index in [9.17, 15) is 0 Å². The summed E-state index contributed by atoms with van der Waals surface area (Å²) in [6.45, 7) is 0. The van der Waals surface area contributed by atoms with Gasteiger partial charge in [0.25, 0.3) is 0 Å². The molecule has 0 saturated heterocycles. The highest BCUT2D eigenvalue weighted by Gasteiger charge is 2.11. The van der Waals surface area contributed by atoms with E-state index in [-0.39, 0.29) is 0 Å². The molecule has 5 aromatic rings. The molecule has 4 nitrogen and oxygen atoms in total. The molecular weight excluding hydrogens is 501 g/mol. The summed E-state index contributed by atoms with van der Waals surface area (Å²) >= 11 is 10.4. The van der Waals surface area contributed by atoms with Gasteiger partial charge in [-0.1, -0.05) is 24.0 Å². The van der Waals surface area contributed by atoms with Gasteiger partial charge < -0.3 is 4.90 Å². The van der Waals surface area contributed by atoms with E-state index in [1.165, 1.54) is 0 Å². The molecule has 0 fully saturated rings. The molecule has 0 aliphatic rings. The Morgan fingerprint density at radius 2 is 1.33 bits per heavy atom. The van der Waals surface area contributed by atoms with Crippen LogP contribution >= 0.6 is 36.6 Å². The van der Waals surface area contributed by atoms with Gasteiger partial charge in [0, 0.05) is 28.5 Å². The van der Waals surface area contributed by atoms with Gasteiger partial charge in [0.2, 0.25) is 0 Å². The Kier molecular flexibility index (Phi) is 7.67. The summed E-state index contributed by atoms with van der Waals surface area (Å²) in [6.07, 6.45) is 3.56. The van der Waals surface area contributed by atoms with Crippen molar-refractivity contribution in [3.63, 3.8) is 0 Å². The Bertz CT molecular complexity index is 1440. The first-order chi connectivity index (χ1) is 17.7. The molecule has 0 N–H and O–H groups in total. The van der Waals surface area contributed by atoms with Crippen molar-refractivity contribution in [3.8, 4) is 45.1 Å². The number of thiophene rings is 1. The zero-order chi connectivity index (χ0) is 24.7. The predicted octanol–water partition coefficient (Wildman–Crippen LogP) is 6.91. The fourth-order valence-corrected chi connectivity index (χ4v) is 5.15. The fraction of sp³-hybridized carbons (Fsp3) is 0.0690. The van der Waals surface area contributed by atoms with Crippen molar-refractivity contribution in [3.05, 3.63) is 108 Å². The maximum Gasteiger partial charge on any atom is 0.0900 e. The lowest BCUT2D eigenvalue weighted by Gasteiger charge is -2.19. The molecule has 0 atom stereocenters. The first-order valence-corrected chi connectivity index (χ1v) is 13.4. The highest BCUT2D eigenvalue weighted by Crippen LogP contribution is 2.33. The van der Waals surface area contributed by atoms with Crippen LogP contribution < -0.4 is 4.90 Å². The zero-order valence-electron chi connectivity index (χ0n) is 19.2. The summed E-state index contributed by atoms with van der Waals surface area (Å²) in [6, 6.07) is 28.1. The Labute approximate surface area is 225 Å². The molecule has 176 valence electrons. The number of rotatable bonds is 6. The molecule has 0 aliphatic heterocycles. The average molecular weight is 523 g/mol. The maximum atomic E-state index is 4.85. The molecule has 5 rings (SSSR count). The zero-order valence-corrected chi connectivity index (χ0v) is 21.8. The monoisotopic (exact) mass is 522 g/mol. The molecule has 0 bridgehead atoms. The smallest absolute Gasteiger partial charge is 0.0900 e. The van der Waals surface area contributed by atoms with Gasteiger partial charge in [0.15, 0.2) is 0 Å². The molecule has 1 aromatic carbocycles. The van der Waals surface area contributed by atoms with Crippen molar-refractivity contribution >= 4 is 42.3 Å². The molecular formula is C29H22N4S3. The van der Waals surface area contributed by atoms with Gasteiger partial charge in [-0.25, -0.2) is 4.98 Å². The summed E-state index contributed by atoms with van der Waals surface area (Å²) in [7, 11) is 0. The lowest BCUT2D eigenvalue weighted by molar-refractivity contribution is 1.07. The van der Waals surface area contributed by atoms with Crippen LogP contribution in [0.25, 0.3) is 33.2 Å². The number of pyridine rings is 3. The quantitative estimate of drug-likeness (QED) is 0.144. The van der Waals surface area contributed by atoms with Crippen molar-refractivity contribution in [2.45, 2.75) is 0 Å². The van der Waals surface area contributed by atoms with Crippen LogP contribution in [-0.4, -0.2) is 26.7 Å². The minimum absolute atomic E-state index is 0.617. The normalized spacial score (nSPS) is 10.5. The molecule has 7 heteroatoms. The molecule has 0 unspecified atom stereocenters. The molecule has 4 aromatic heterocycles. The third-order valence-corrected chi connectivity index (χ3v) is 7.21. The number of hydrogen-bond donors (Lipinski definition) is 2. The number of benzene rings is 1. The Balaban J connectivity index is 1.45. The van der Waals surface area contributed by atoms with Gasteiger partial charge in [-0.05, 0) is 78.4 Å². The van der Waals surface area contributed by atoms with Crippen molar-refractivity contribution in [1.29, 1.82) is 0 Å². The Hall–Kier alpha value is -3.57. The number of aromatic nitrogens is 3. The lowest BCUT2D eigenvalue weighted by atomic mass is 10.1. The Morgan fingerprint density at radius 3 is 1.89 bits per heavy atom. The van der Waals surface area contributed by atoms with E-state index in [0.29, 0.717) is 11.8 Å². The highest BCUT2D eigenvalue weighted by atomic mass is 32.1. The van der Waals surface area contributed by atoms with Gasteiger partial charge in [-0.15, -0.1) is 11.3 Å². The van der Waals surface area contributed by atoms with Crippen LogP contribution in [0.2, 0.25) is 0 Å². The second-order valence-electron chi connectivity index (χ2n) is 7.84. The largest absolute Gasteiger partial charge is 0.354 e. The average Bonchev–Trinajstić information content (AvgIpc) is 3.43. The Morgan fingerprint density at radius 1 is 0.694 bits per heavy atom. The molecule has 0 radical (unpaired) electrons. The summed E-state index contributed by atoms with van der Waals surface area (Å²) in [4.78, 5) is 18.0. The second kappa shape index (κ2) is 11.4. The standard InChI is InChI=1S/C29H22N4S3/c34-19-33(20-35)23-10-7-21(8-11-23)9-12-24-13-14-29(36-24)22-17-27(25-5-1-3-15-30-25)32-28(18-22)26-6-2-4-16-31-26/h1-8,10-11,13-18,34-35H,19-20H2. The van der Waals surface area contributed by atoms with Crippen molar-refractivity contribution < 1.29 is 0 Å². The van der Waals surface area contributed by atoms with Crippen LogP contribution in [-0.2, 0) is 0 Å². The topological polar surface area (TPSA) is 41.9 Å². The number of hydrogen-bond acceptors (Lipinski definition) is 7. The van der Waals surface area contributed by atoms with E-state index in [4.69, 9.17) is 4.98 Å². The summed E-state index contributed by atoms with van der Waals surface area (Å²) in [5.41, 5.74) is 6.38. The molecule has 4 heterocycles. The molecule has 0 spiro atoms. The summed E-state index contributed by atoms with van der Waals surface area (Å²) in [5, 5.41) is 0. The SMILES string of the molecule is SCN(CS)c1ccc(C#Cc2ccc(-c3cc(-c4ccccn4)nc(-c4ccccn4)c3)s2)cc1. The third-order valence-electron chi connectivity index (χ3n) is 5.47. The first kappa shape index (κ1) is 24.1. The van der Waals surface area contributed by atoms with E-state index in [1.54, 1.807) is 23.7 Å². The van der Waals surface area contributed by atoms with Crippen LogP contribution in [0.4, 0.5) is 5.69 Å². The van der Waals surface area contributed by atoms with Crippen LogP contribution in [0.15, 0.2) is 97.3 Å². The second-order valence-corrected chi connectivity index (χ2v) is 9.49. The van der Waals surface area contributed by atoms with E-state index < -0.39 is 0 Å². The van der Waals surface area contributed by atoms with Crippen molar-refractivity contribution in [2.24, 2.45) is 0 Å².